The second-order valence-corrected chi connectivity index (χ2v) is 7.19. The second kappa shape index (κ2) is 8.55. The summed E-state index contributed by atoms with van der Waals surface area (Å²) in [7, 11) is 0. The molecule has 0 saturated heterocycles. The van der Waals surface area contributed by atoms with Crippen molar-refractivity contribution in [2.24, 2.45) is 0 Å². The van der Waals surface area contributed by atoms with Crippen LogP contribution in [0, 0.1) is 6.92 Å². The fourth-order valence-electron chi connectivity index (χ4n) is 3.15. The molecule has 0 spiro atoms. The molecule has 144 valence electrons. The molecule has 4 rings (SSSR count). The van der Waals surface area contributed by atoms with Gasteiger partial charge in [-0.05, 0) is 53.9 Å². The van der Waals surface area contributed by atoms with Gasteiger partial charge >= 0.3 is 0 Å². The van der Waals surface area contributed by atoms with E-state index in [-0.39, 0.29) is 6.79 Å². The molecule has 0 bridgehead atoms. The molecule has 0 atom stereocenters. The smallest absolute Gasteiger partial charge is 0.231 e. The maximum atomic E-state index is 6.21. The topological polar surface area (TPSA) is 39.7 Å². The lowest BCUT2D eigenvalue weighted by Gasteiger charge is -2.14. The summed E-state index contributed by atoms with van der Waals surface area (Å²) in [4.78, 5) is 0. The molecular formula is C23H22ClNO3. The highest BCUT2D eigenvalue weighted by Gasteiger charge is 2.13. The largest absolute Gasteiger partial charge is 0.489 e. The van der Waals surface area contributed by atoms with Crippen molar-refractivity contribution < 1.29 is 14.2 Å². The Morgan fingerprint density at radius 1 is 0.929 bits per heavy atom. The molecule has 0 unspecified atom stereocenters. The molecule has 5 heteroatoms. The van der Waals surface area contributed by atoms with Crippen molar-refractivity contribution in [3.8, 4) is 17.2 Å². The van der Waals surface area contributed by atoms with Gasteiger partial charge in [-0.3, -0.25) is 0 Å². The first-order valence-electron chi connectivity index (χ1n) is 9.24. The van der Waals surface area contributed by atoms with Crippen LogP contribution < -0.4 is 19.5 Å². The molecule has 0 aromatic heterocycles. The number of hydrogen-bond acceptors (Lipinski definition) is 4. The van der Waals surface area contributed by atoms with Crippen LogP contribution in [-0.2, 0) is 19.7 Å². The van der Waals surface area contributed by atoms with E-state index in [0.717, 1.165) is 28.4 Å². The van der Waals surface area contributed by atoms with Crippen LogP contribution in [0.4, 0.5) is 0 Å². The minimum absolute atomic E-state index is 0.288. The minimum atomic E-state index is 0.288. The van der Waals surface area contributed by atoms with Crippen molar-refractivity contribution in [3.63, 3.8) is 0 Å². The lowest BCUT2D eigenvalue weighted by Crippen LogP contribution is -2.13. The lowest BCUT2D eigenvalue weighted by atomic mass is 10.1. The molecule has 0 saturated carbocycles. The maximum Gasteiger partial charge on any atom is 0.231 e. The van der Waals surface area contributed by atoms with Gasteiger partial charge in [0.25, 0.3) is 0 Å². The molecule has 1 heterocycles. The van der Waals surface area contributed by atoms with E-state index in [0.29, 0.717) is 24.7 Å². The van der Waals surface area contributed by atoms with Crippen molar-refractivity contribution in [2.45, 2.75) is 26.6 Å². The third kappa shape index (κ3) is 4.41. The number of halogens is 1. The lowest BCUT2D eigenvalue weighted by molar-refractivity contribution is 0.174. The molecule has 4 nitrogen and oxygen atoms in total. The molecule has 28 heavy (non-hydrogen) atoms. The van der Waals surface area contributed by atoms with Crippen LogP contribution in [0.1, 0.15) is 22.3 Å². The molecule has 0 aliphatic carbocycles. The van der Waals surface area contributed by atoms with Crippen LogP contribution in [0.2, 0.25) is 5.02 Å². The van der Waals surface area contributed by atoms with Crippen LogP contribution >= 0.6 is 11.6 Å². The number of nitrogens with one attached hydrogen (secondary N) is 1. The zero-order valence-electron chi connectivity index (χ0n) is 15.7. The van der Waals surface area contributed by atoms with Crippen LogP contribution in [0.25, 0.3) is 0 Å². The van der Waals surface area contributed by atoms with Gasteiger partial charge in [0.05, 0.1) is 0 Å². The van der Waals surface area contributed by atoms with E-state index in [1.807, 2.05) is 48.5 Å². The van der Waals surface area contributed by atoms with Crippen molar-refractivity contribution in [1.29, 1.82) is 0 Å². The molecule has 3 aromatic carbocycles. The Balaban J connectivity index is 1.39. The summed E-state index contributed by atoms with van der Waals surface area (Å²) in [6.07, 6.45) is 0. The average molecular weight is 396 g/mol. The van der Waals surface area contributed by atoms with Gasteiger partial charge in [0.2, 0.25) is 6.79 Å². The Bertz CT molecular complexity index is 974. The molecule has 1 aliphatic heterocycles. The van der Waals surface area contributed by atoms with Gasteiger partial charge in [-0.2, -0.15) is 0 Å². The number of hydrogen-bond donors (Lipinski definition) is 1. The first kappa shape index (κ1) is 18.7. The van der Waals surface area contributed by atoms with Crippen LogP contribution in [0.3, 0.4) is 0 Å². The summed E-state index contributed by atoms with van der Waals surface area (Å²) < 4.78 is 16.9. The van der Waals surface area contributed by atoms with Gasteiger partial charge in [0, 0.05) is 23.7 Å². The normalized spacial score (nSPS) is 12.2. The predicted octanol–water partition coefficient (Wildman–Crippen LogP) is 5.25. The zero-order chi connectivity index (χ0) is 19.3. The number of ether oxygens (including phenoxy) is 3. The van der Waals surface area contributed by atoms with Crippen LogP contribution in [0.15, 0.2) is 60.7 Å². The van der Waals surface area contributed by atoms with E-state index in [1.54, 1.807) is 0 Å². The molecular weight excluding hydrogens is 374 g/mol. The van der Waals surface area contributed by atoms with Crippen molar-refractivity contribution >= 4 is 11.6 Å². The Kier molecular flexibility index (Phi) is 5.70. The zero-order valence-corrected chi connectivity index (χ0v) is 16.5. The van der Waals surface area contributed by atoms with Gasteiger partial charge in [0.15, 0.2) is 11.5 Å². The van der Waals surface area contributed by atoms with Crippen molar-refractivity contribution in [3.05, 3.63) is 87.9 Å². The van der Waals surface area contributed by atoms with E-state index >= 15 is 0 Å². The summed E-state index contributed by atoms with van der Waals surface area (Å²) in [5.41, 5.74) is 4.56. The van der Waals surface area contributed by atoms with Crippen LogP contribution in [-0.4, -0.2) is 6.79 Å². The number of fused-ring (bicyclic) bond motifs is 1. The SMILES string of the molecule is Cc1ccccc1COc1ccc(Cl)cc1CNCc1ccc2c(c1)OCO2. The molecule has 1 N–H and O–H groups in total. The average Bonchev–Trinajstić information content (AvgIpc) is 3.16. The van der Waals surface area contributed by atoms with E-state index < -0.39 is 0 Å². The number of aryl methyl sites for hydroxylation is 1. The highest BCUT2D eigenvalue weighted by atomic mass is 35.5. The van der Waals surface area contributed by atoms with Gasteiger partial charge in [-0.25, -0.2) is 0 Å². The molecule has 3 aromatic rings. The Hall–Kier alpha value is -2.69. The van der Waals surface area contributed by atoms with Gasteiger partial charge in [-0.15, -0.1) is 0 Å². The Morgan fingerprint density at radius 3 is 2.68 bits per heavy atom. The molecule has 0 amide bonds. The monoisotopic (exact) mass is 395 g/mol. The number of rotatable bonds is 7. The molecule has 1 aliphatic rings. The summed E-state index contributed by atoms with van der Waals surface area (Å²) in [5, 5.41) is 4.15. The predicted molar refractivity (Wildman–Crippen MR) is 110 cm³/mol. The fourth-order valence-corrected chi connectivity index (χ4v) is 3.34. The summed E-state index contributed by atoms with van der Waals surface area (Å²) in [6.45, 7) is 4.27. The van der Waals surface area contributed by atoms with Crippen molar-refractivity contribution in [2.75, 3.05) is 6.79 Å². The summed E-state index contributed by atoms with van der Waals surface area (Å²) in [6, 6.07) is 20.0. The highest BCUT2D eigenvalue weighted by Crippen LogP contribution is 2.32. The first-order valence-corrected chi connectivity index (χ1v) is 9.62. The standard InChI is InChI=1S/C23H22ClNO3/c1-16-4-2-3-5-18(16)14-26-21-9-7-20(24)11-19(21)13-25-12-17-6-8-22-23(10-17)28-15-27-22/h2-11,25H,12-15H2,1H3. The third-order valence-corrected chi connectivity index (χ3v) is 4.98. The van der Waals surface area contributed by atoms with Gasteiger partial charge < -0.3 is 19.5 Å². The van der Waals surface area contributed by atoms with E-state index in [9.17, 15) is 0 Å². The minimum Gasteiger partial charge on any atom is -0.489 e. The third-order valence-electron chi connectivity index (χ3n) is 4.75. The van der Waals surface area contributed by atoms with E-state index in [2.05, 4.69) is 24.4 Å². The number of benzene rings is 3. The van der Waals surface area contributed by atoms with Gasteiger partial charge in [0.1, 0.15) is 12.4 Å². The quantitative estimate of drug-likeness (QED) is 0.593. The van der Waals surface area contributed by atoms with Gasteiger partial charge in [-0.1, -0.05) is 41.9 Å². The van der Waals surface area contributed by atoms with E-state index in [1.165, 1.54) is 11.1 Å². The molecule has 0 radical (unpaired) electrons. The maximum absolute atomic E-state index is 6.21. The van der Waals surface area contributed by atoms with Crippen LogP contribution in [0.5, 0.6) is 17.2 Å². The second-order valence-electron chi connectivity index (χ2n) is 6.76. The van der Waals surface area contributed by atoms with E-state index in [4.69, 9.17) is 25.8 Å². The first-order chi connectivity index (χ1) is 13.7. The fraction of sp³-hybridized carbons (Fsp3) is 0.217. The highest BCUT2D eigenvalue weighted by molar-refractivity contribution is 6.30. The van der Waals surface area contributed by atoms with Crippen molar-refractivity contribution in [1.82, 2.24) is 5.32 Å². The molecule has 0 fully saturated rings. The summed E-state index contributed by atoms with van der Waals surface area (Å²) in [5.74, 6) is 2.43. The Labute approximate surface area is 170 Å². The Morgan fingerprint density at radius 2 is 1.79 bits per heavy atom. The summed E-state index contributed by atoms with van der Waals surface area (Å²) >= 11 is 6.21.